The monoisotopic (exact) mass is 428 g/mol. The Hall–Kier alpha value is -1.78. The maximum absolute atomic E-state index is 4.58. The summed E-state index contributed by atoms with van der Waals surface area (Å²) in [6, 6.07) is 14.4. The molecule has 3 rings (SSSR count). The van der Waals surface area contributed by atoms with Crippen molar-refractivity contribution in [3.05, 3.63) is 80.6 Å². The fourth-order valence-corrected chi connectivity index (χ4v) is 2.83. The maximum Gasteiger partial charge on any atom is 0.109 e. The molecule has 0 atom stereocenters. The lowest BCUT2D eigenvalue weighted by molar-refractivity contribution is 1.20. The Morgan fingerprint density at radius 2 is 1.70 bits per heavy atom. The fraction of sp³-hybridized carbons (Fsp3) is 0.0526. The van der Waals surface area contributed by atoms with Crippen molar-refractivity contribution in [1.29, 1.82) is 0 Å². The highest BCUT2D eigenvalue weighted by molar-refractivity contribution is 9.10. The Labute approximate surface area is 152 Å². The summed E-state index contributed by atoms with van der Waals surface area (Å²) in [6.45, 7) is 2.03. The van der Waals surface area contributed by atoms with E-state index in [4.69, 9.17) is 0 Å². The van der Waals surface area contributed by atoms with Crippen LogP contribution in [0, 0.1) is 6.92 Å². The zero-order valence-corrected chi connectivity index (χ0v) is 15.7. The second kappa shape index (κ2) is 7.20. The number of halogens is 2. The first-order valence-corrected chi connectivity index (χ1v) is 8.73. The Bertz CT molecular complexity index is 858. The second-order valence-corrected chi connectivity index (χ2v) is 6.83. The minimum Gasteiger partial charge on any atom is -0.254 e. The number of aromatic nitrogens is 2. The van der Waals surface area contributed by atoms with Gasteiger partial charge in [-0.05, 0) is 62.0 Å². The van der Waals surface area contributed by atoms with Crippen LogP contribution < -0.4 is 0 Å². The van der Waals surface area contributed by atoms with E-state index < -0.39 is 0 Å². The Balaban J connectivity index is 2.04. The molecule has 0 N–H and O–H groups in total. The van der Waals surface area contributed by atoms with Gasteiger partial charge in [0.15, 0.2) is 0 Å². The van der Waals surface area contributed by atoms with Gasteiger partial charge in [0.1, 0.15) is 4.60 Å². The lowest BCUT2D eigenvalue weighted by Crippen LogP contribution is -1.91. The van der Waals surface area contributed by atoms with Gasteiger partial charge in [-0.3, -0.25) is 4.98 Å². The van der Waals surface area contributed by atoms with E-state index in [0.29, 0.717) is 0 Å². The van der Waals surface area contributed by atoms with Crippen LogP contribution in [0.1, 0.15) is 16.7 Å². The molecule has 3 aromatic rings. The molecule has 4 heteroatoms. The van der Waals surface area contributed by atoms with E-state index in [2.05, 4.69) is 78.2 Å². The zero-order chi connectivity index (χ0) is 16.2. The SMILES string of the molecule is Cc1cc(-c2ncc(Br)cc2C=Cc2ccccc2)cnc1Br. The molecule has 0 saturated carbocycles. The molecular formula is C19H14Br2N2. The molecule has 0 amide bonds. The molecule has 0 spiro atoms. The van der Waals surface area contributed by atoms with Gasteiger partial charge in [-0.15, -0.1) is 0 Å². The maximum atomic E-state index is 4.58. The minimum absolute atomic E-state index is 0.861. The van der Waals surface area contributed by atoms with E-state index in [1.54, 1.807) is 0 Å². The standard InChI is InChI=1S/C19H14Br2N2/c1-13-9-16(11-23-19(13)21)18-15(10-17(20)12-22-18)8-7-14-5-3-2-4-6-14/h2-12H,1H3. The normalized spacial score (nSPS) is 11.1. The third kappa shape index (κ3) is 3.95. The lowest BCUT2D eigenvalue weighted by atomic mass is 10.0. The highest BCUT2D eigenvalue weighted by Gasteiger charge is 2.08. The van der Waals surface area contributed by atoms with E-state index in [-0.39, 0.29) is 0 Å². The van der Waals surface area contributed by atoms with Crippen molar-refractivity contribution in [2.45, 2.75) is 6.92 Å². The smallest absolute Gasteiger partial charge is 0.109 e. The van der Waals surface area contributed by atoms with Gasteiger partial charge in [0, 0.05) is 28.0 Å². The molecule has 2 heterocycles. The summed E-state index contributed by atoms with van der Waals surface area (Å²) >= 11 is 6.94. The predicted molar refractivity (Wildman–Crippen MR) is 103 cm³/mol. The summed E-state index contributed by atoms with van der Waals surface area (Å²) in [5.74, 6) is 0. The number of pyridine rings is 2. The minimum atomic E-state index is 0.861. The van der Waals surface area contributed by atoms with Crippen LogP contribution in [0.25, 0.3) is 23.4 Å². The van der Waals surface area contributed by atoms with E-state index in [1.165, 1.54) is 0 Å². The quantitative estimate of drug-likeness (QED) is 0.466. The van der Waals surface area contributed by atoms with Gasteiger partial charge in [-0.1, -0.05) is 42.5 Å². The first-order valence-electron chi connectivity index (χ1n) is 7.14. The average Bonchev–Trinajstić information content (AvgIpc) is 2.57. The molecule has 1 aromatic carbocycles. The van der Waals surface area contributed by atoms with Crippen LogP contribution >= 0.6 is 31.9 Å². The summed E-state index contributed by atoms with van der Waals surface area (Å²) < 4.78 is 1.82. The van der Waals surface area contributed by atoms with Crippen LogP contribution in [0.4, 0.5) is 0 Å². The van der Waals surface area contributed by atoms with E-state index in [0.717, 1.165) is 37.0 Å². The van der Waals surface area contributed by atoms with Gasteiger partial charge in [-0.25, -0.2) is 4.98 Å². The van der Waals surface area contributed by atoms with Crippen LogP contribution in [0.5, 0.6) is 0 Å². The molecule has 0 radical (unpaired) electrons. The summed E-state index contributed by atoms with van der Waals surface area (Å²) in [7, 11) is 0. The van der Waals surface area contributed by atoms with Gasteiger partial charge < -0.3 is 0 Å². The zero-order valence-electron chi connectivity index (χ0n) is 12.5. The first kappa shape index (κ1) is 16.1. The third-order valence-electron chi connectivity index (χ3n) is 3.43. The molecule has 0 aliphatic carbocycles. The number of aryl methyl sites for hydroxylation is 1. The Kier molecular flexibility index (Phi) is 5.03. The predicted octanol–water partition coefficient (Wildman–Crippen LogP) is 6.15. The Morgan fingerprint density at radius 1 is 0.913 bits per heavy atom. The molecule has 0 aliphatic rings. The summed E-state index contributed by atoms with van der Waals surface area (Å²) in [5.41, 5.74) is 5.22. The van der Waals surface area contributed by atoms with Crippen molar-refractivity contribution in [3.63, 3.8) is 0 Å². The molecule has 0 fully saturated rings. The van der Waals surface area contributed by atoms with Gasteiger partial charge in [0.25, 0.3) is 0 Å². The van der Waals surface area contributed by atoms with Crippen molar-refractivity contribution in [3.8, 4) is 11.3 Å². The van der Waals surface area contributed by atoms with Crippen molar-refractivity contribution in [1.82, 2.24) is 9.97 Å². The second-order valence-electron chi connectivity index (χ2n) is 5.17. The molecule has 2 nitrogen and oxygen atoms in total. The number of benzene rings is 1. The number of hydrogen-bond acceptors (Lipinski definition) is 2. The molecule has 0 saturated heterocycles. The molecule has 0 aliphatic heterocycles. The molecule has 0 unspecified atom stereocenters. The molecule has 114 valence electrons. The van der Waals surface area contributed by atoms with Crippen LogP contribution in [0.2, 0.25) is 0 Å². The van der Waals surface area contributed by atoms with Crippen LogP contribution in [-0.4, -0.2) is 9.97 Å². The van der Waals surface area contributed by atoms with Crippen LogP contribution in [0.15, 0.2) is 63.9 Å². The van der Waals surface area contributed by atoms with E-state index >= 15 is 0 Å². The topological polar surface area (TPSA) is 25.8 Å². The highest BCUT2D eigenvalue weighted by atomic mass is 79.9. The highest BCUT2D eigenvalue weighted by Crippen LogP contribution is 2.27. The summed E-state index contributed by atoms with van der Waals surface area (Å²) in [4.78, 5) is 8.96. The fourth-order valence-electron chi connectivity index (χ4n) is 2.26. The van der Waals surface area contributed by atoms with Gasteiger partial charge >= 0.3 is 0 Å². The molecular weight excluding hydrogens is 416 g/mol. The van der Waals surface area contributed by atoms with Gasteiger partial charge in [0.05, 0.1) is 5.69 Å². The lowest BCUT2D eigenvalue weighted by Gasteiger charge is -2.07. The van der Waals surface area contributed by atoms with E-state index in [9.17, 15) is 0 Å². The summed E-state index contributed by atoms with van der Waals surface area (Å²) in [6.07, 6.45) is 7.83. The molecule has 23 heavy (non-hydrogen) atoms. The van der Waals surface area contributed by atoms with Crippen LogP contribution in [0.3, 0.4) is 0 Å². The van der Waals surface area contributed by atoms with Crippen molar-refractivity contribution in [2.24, 2.45) is 0 Å². The average molecular weight is 430 g/mol. The summed E-state index contributed by atoms with van der Waals surface area (Å²) in [5, 5.41) is 0. The molecule has 0 bridgehead atoms. The first-order chi connectivity index (χ1) is 11.1. The van der Waals surface area contributed by atoms with Gasteiger partial charge in [0.2, 0.25) is 0 Å². The largest absolute Gasteiger partial charge is 0.254 e. The number of rotatable bonds is 3. The molecule has 2 aromatic heterocycles. The van der Waals surface area contributed by atoms with E-state index in [1.807, 2.05) is 37.5 Å². The van der Waals surface area contributed by atoms with Crippen LogP contribution in [-0.2, 0) is 0 Å². The Morgan fingerprint density at radius 3 is 2.43 bits per heavy atom. The number of hydrogen-bond donors (Lipinski definition) is 0. The van der Waals surface area contributed by atoms with Gasteiger partial charge in [-0.2, -0.15) is 0 Å². The third-order valence-corrected chi connectivity index (χ3v) is 4.69. The van der Waals surface area contributed by atoms with Crippen molar-refractivity contribution < 1.29 is 0 Å². The van der Waals surface area contributed by atoms with Crippen molar-refractivity contribution >= 4 is 44.0 Å². The number of nitrogens with zero attached hydrogens (tertiary/aromatic N) is 2. The van der Waals surface area contributed by atoms with Crippen molar-refractivity contribution in [2.75, 3.05) is 0 Å².